The summed E-state index contributed by atoms with van der Waals surface area (Å²) in [6.07, 6.45) is 5.02. The van der Waals surface area contributed by atoms with Gasteiger partial charge in [-0.1, -0.05) is 30.3 Å². The Morgan fingerprint density at radius 3 is 2.83 bits per heavy atom. The van der Waals surface area contributed by atoms with Crippen LogP contribution in [-0.4, -0.2) is 17.4 Å². The highest BCUT2D eigenvalue weighted by atomic mass is 16.3. The van der Waals surface area contributed by atoms with Gasteiger partial charge < -0.3 is 9.73 Å². The molecule has 0 saturated heterocycles. The predicted octanol–water partition coefficient (Wildman–Crippen LogP) is 1.97. The summed E-state index contributed by atoms with van der Waals surface area (Å²) in [7, 11) is 0. The lowest BCUT2D eigenvalue weighted by Crippen LogP contribution is -2.26. The maximum atomic E-state index is 11.5. The van der Waals surface area contributed by atoms with Crippen molar-refractivity contribution in [1.82, 2.24) is 10.3 Å². The van der Waals surface area contributed by atoms with E-state index in [0.717, 1.165) is 12.8 Å². The quantitative estimate of drug-likeness (QED) is 0.790. The molecule has 94 valence electrons. The molecule has 2 rings (SSSR count). The average molecular weight is 244 g/mol. The third-order valence-corrected chi connectivity index (χ3v) is 2.63. The SMILES string of the molecule is O=C(Cc1cocn1)NCCCc1ccccc1. The number of oxazole rings is 1. The third kappa shape index (κ3) is 4.05. The summed E-state index contributed by atoms with van der Waals surface area (Å²) in [6, 6.07) is 10.2. The molecule has 1 N–H and O–H groups in total. The van der Waals surface area contributed by atoms with E-state index >= 15 is 0 Å². The average Bonchev–Trinajstić information content (AvgIpc) is 2.89. The molecular weight excluding hydrogens is 228 g/mol. The second-order valence-corrected chi connectivity index (χ2v) is 4.10. The fourth-order valence-electron chi connectivity index (χ4n) is 1.72. The summed E-state index contributed by atoms with van der Waals surface area (Å²) in [5.41, 5.74) is 1.96. The Morgan fingerprint density at radius 2 is 2.11 bits per heavy atom. The summed E-state index contributed by atoms with van der Waals surface area (Å²) < 4.78 is 4.81. The maximum absolute atomic E-state index is 11.5. The Bertz CT molecular complexity index is 466. The first-order chi connectivity index (χ1) is 8.84. The fraction of sp³-hybridized carbons (Fsp3) is 0.286. The zero-order chi connectivity index (χ0) is 12.6. The number of rotatable bonds is 6. The van der Waals surface area contributed by atoms with Crippen molar-refractivity contribution in [3.63, 3.8) is 0 Å². The topological polar surface area (TPSA) is 55.1 Å². The van der Waals surface area contributed by atoms with Crippen molar-refractivity contribution in [2.75, 3.05) is 6.54 Å². The smallest absolute Gasteiger partial charge is 0.226 e. The van der Waals surface area contributed by atoms with Gasteiger partial charge >= 0.3 is 0 Å². The molecule has 0 aliphatic carbocycles. The summed E-state index contributed by atoms with van der Waals surface area (Å²) in [4.78, 5) is 15.4. The highest BCUT2D eigenvalue weighted by molar-refractivity contribution is 5.77. The predicted molar refractivity (Wildman–Crippen MR) is 68.0 cm³/mol. The van der Waals surface area contributed by atoms with Crippen LogP contribution in [0, 0.1) is 0 Å². The molecule has 0 bridgehead atoms. The minimum absolute atomic E-state index is 0.0167. The molecule has 0 fully saturated rings. The molecule has 1 amide bonds. The molecule has 1 heterocycles. The Kier molecular flexibility index (Phi) is 4.53. The van der Waals surface area contributed by atoms with E-state index in [0.29, 0.717) is 12.2 Å². The molecule has 2 aromatic rings. The number of aromatic nitrogens is 1. The number of nitrogens with one attached hydrogen (secondary N) is 1. The van der Waals surface area contributed by atoms with Gasteiger partial charge in [-0.05, 0) is 18.4 Å². The van der Waals surface area contributed by atoms with Gasteiger partial charge in [0, 0.05) is 6.54 Å². The summed E-state index contributed by atoms with van der Waals surface area (Å²) >= 11 is 0. The minimum atomic E-state index is -0.0167. The molecule has 0 radical (unpaired) electrons. The van der Waals surface area contributed by atoms with Crippen molar-refractivity contribution >= 4 is 5.91 Å². The fourth-order valence-corrected chi connectivity index (χ4v) is 1.72. The molecule has 0 unspecified atom stereocenters. The molecule has 0 aliphatic rings. The van der Waals surface area contributed by atoms with Crippen LogP contribution in [-0.2, 0) is 17.6 Å². The van der Waals surface area contributed by atoms with E-state index in [-0.39, 0.29) is 12.3 Å². The number of amides is 1. The first-order valence-corrected chi connectivity index (χ1v) is 6.02. The molecule has 1 aromatic heterocycles. The highest BCUT2D eigenvalue weighted by Gasteiger charge is 2.04. The van der Waals surface area contributed by atoms with Gasteiger partial charge in [-0.2, -0.15) is 0 Å². The number of carbonyl (C=O) groups is 1. The third-order valence-electron chi connectivity index (χ3n) is 2.63. The van der Waals surface area contributed by atoms with Gasteiger partial charge in [0.25, 0.3) is 0 Å². The molecule has 1 aromatic carbocycles. The normalized spacial score (nSPS) is 10.2. The van der Waals surface area contributed by atoms with Crippen molar-refractivity contribution in [1.29, 1.82) is 0 Å². The minimum Gasteiger partial charge on any atom is -0.451 e. The number of carbonyl (C=O) groups excluding carboxylic acids is 1. The Hall–Kier alpha value is -2.10. The first kappa shape index (κ1) is 12.4. The van der Waals surface area contributed by atoms with Crippen molar-refractivity contribution in [2.24, 2.45) is 0 Å². The van der Waals surface area contributed by atoms with Crippen molar-refractivity contribution in [3.05, 3.63) is 54.2 Å². The van der Waals surface area contributed by atoms with Crippen LogP contribution in [0.15, 0.2) is 47.4 Å². The van der Waals surface area contributed by atoms with E-state index in [9.17, 15) is 4.79 Å². The maximum Gasteiger partial charge on any atom is 0.226 e. The van der Waals surface area contributed by atoms with Gasteiger partial charge in [0.2, 0.25) is 5.91 Å². The standard InChI is InChI=1S/C14H16N2O2/c17-14(9-13-10-18-11-16-13)15-8-4-7-12-5-2-1-3-6-12/h1-3,5-6,10-11H,4,7-9H2,(H,15,17). The number of benzene rings is 1. The molecular formula is C14H16N2O2. The van der Waals surface area contributed by atoms with Crippen LogP contribution in [0.25, 0.3) is 0 Å². The van der Waals surface area contributed by atoms with Gasteiger partial charge in [-0.25, -0.2) is 4.98 Å². The first-order valence-electron chi connectivity index (χ1n) is 6.02. The lowest BCUT2D eigenvalue weighted by Gasteiger charge is -2.04. The van der Waals surface area contributed by atoms with E-state index in [1.807, 2.05) is 18.2 Å². The van der Waals surface area contributed by atoms with E-state index in [4.69, 9.17) is 4.42 Å². The van der Waals surface area contributed by atoms with Crippen molar-refractivity contribution in [2.45, 2.75) is 19.3 Å². The van der Waals surface area contributed by atoms with E-state index < -0.39 is 0 Å². The Labute approximate surface area is 106 Å². The van der Waals surface area contributed by atoms with Crippen LogP contribution in [0.1, 0.15) is 17.7 Å². The van der Waals surface area contributed by atoms with Crippen molar-refractivity contribution < 1.29 is 9.21 Å². The zero-order valence-corrected chi connectivity index (χ0v) is 10.1. The van der Waals surface area contributed by atoms with Crippen LogP contribution < -0.4 is 5.32 Å². The highest BCUT2D eigenvalue weighted by Crippen LogP contribution is 2.01. The van der Waals surface area contributed by atoms with Crippen LogP contribution in [0.5, 0.6) is 0 Å². The largest absolute Gasteiger partial charge is 0.451 e. The summed E-state index contributed by atoms with van der Waals surface area (Å²) in [5, 5.41) is 2.87. The van der Waals surface area contributed by atoms with Crippen LogP contribution in [0.2, 0.25) is 0 Å². The number of hydrogen-bond donors (Lipinski definition) is 1. The van der Waals surface area contributed by atoms with Crippen LogP contribution >= 0.6 is 0 Å². The zero-order valence-electron chi connectivity index (χ0n) is 10.1. The van der Waals surface area contributed by atoms with E-state index in [1.54, 1.807) is 0 Å². The molecule has 0 atom stereocenters. The molecule has 18 heavy (non-hydrogen) atoms. The number of nitrogens with zero attached hydrogens (tertiary/aromatic N) is 1. The Balaban J connectivity index is 1.62. The van der Waals surface area contributed by atoms with Gasteiger partial charge in [0.05, 0.1) is 12.1 Å². The number of aryl methyl sites for hydroxylation is 1. The molecule has 0 saturated carbocycles. The number of hydrogen-bond acceptors (Lipinski definition) is 3. The second-order valence-electron chi connectivity index (χ2n) is 4.10. The summed E-state index contributed by atoms with van der Waals surface area (Å²) in [5.74, 6) is -0.0167. The van der Waals surface area contributed by atoms with Gasteiger partial charge in [-0.3, -0.25) is 4.79 Å². The molecule has 4 heteroatoms. The lowest BCUT2D eigenvalue weighted by molar-refractivity contribution is -0.120. The second kappa shape index (κ2) is 6.59. The molecule has 0 aliphatic heterocycles. The van der Waals surface area contributed by atoms with Crippen LogP contribution in [0.4, 0.5) is 0 Å². The van der Waals surface area contributed by atoms with Gasteiger partial charge in [0.15, 0.2) is 6.39 Å². The van der Waals surface area contributed by atoms with E-state index in [2.05, 4.69) is 22.4 Å². The van der Waals surface area contributed by atoms with E-state index in [1.165, 1.54) is 18.2 Å². The molecule has 4 nitrogen and oxygen atoms in total. The lowest BCUT2D eigenvalue weighted by atomic mass is 10.1. The Morgan fingerprint density at radius 1 is 1.28 bits per heavy atom. The van der Waals surface area contributed by atoms with Crippen LogP contribution in [0.3, 0.4) is 0 Å². The van der Waals surface area contributed by atoms with Gasteiger partial charge in [0.1, 0.15) is 6.26 Å². The summed E-state index contributed by atoms with van der Waals surface area (Å²) in [6.45, 7) is 0.686. The monoisotopic (exact) mass is 244 g/mol. The molecule has 0 spiro atoms. The van der Waals surface area contributed by atoms with Gasteiger partial charge in [-0.15, -0.1) is 0 Å². The van der Waals surface area contributed by atoms with Crippen molar-refractivity contribution in [3.8, 4) is 0 Å².